The lowest BCUT2D eigenvalue weighted by molar-refractivity contribution is 0.129. The molecular weight excluding hydrogens is 424 g/mol. The van der Waals surface area contributed by atoms with E-state index < -0.39 is 10.0 Å². The maximum absolute atomic E-state index is 12.5. The average molecular weight is 461 g/mol. The number of aromatic nitrogens is 4. The van der Waals surface area contributed by atoms with Crippen LogP contribution in [0.5, 0.6) is 0 Å². The van der Waals surface area contributed by atoms with E-state index in [1.165, 1.54) is 39.2 Å². The van der Waals surface area contributed by atoms with Crippen molar-refractivity contribution in [2.24, 2.45) is 5.92 Å². The van der Waals surface area contributed by atoms with Crippen molar-refractivity contribution in [2.75, 3.05) is 20.1 Å². The largest absolute Gasteiger partial charge is 0.299 e. The summed E-state index contributed by atoms with van der Waals surface area (Å²) < 4.78 is 27.3. The maximum Gasteiger partial charge on any atom is 0.240 e. The summed E-state index contributed by atoms with van der Waals surface area (Å²) in [4.78, 5) is 4.43. The Morgan fingerprint density at radius 2 is 1.91 bits per heavy atom. The van der Waals surface area contributed by atoms with Gasteiger partial charge in [0.25, 0.3) is 0 Å². The van der Waals surface area contributed by atoms with Gasteiger partial charge >= 0.3 is 0 Å². The highest BCUT2D eigenvalue weighted by molar-refractivity contribution is 7.89. The summed E-state index contributed by atoms with van der Waals surface area (Å²) in [6.45, 7) is 6.45. The van der Waals surface area contributed by atoms with E-state index in [-0.39, 0.29) is 10.9 Å². The van der Waals surface area contributed by atoms with E-state index in [9.17, 15) is 8.42 Å². The molecule has 2 aromatic rings. The molecule has 1 saturated carbocycles. The van der Waals surface area contributed by atoms with Crippen LogP contribution >= 0.6 is 0 Å². The molecule has 2 aliphatic rings. The zero-order valence-electron chi connectivity index (χ0n) is 19.5. The van der Waals surface area contributed by atoms with Gasteiger partial charge in [-0.3, -0.25) is 4.90 Å². The van der Waals surface area contributed by atoms with Gasteiger partial charge in [0.15, 0.2) is 0 Å². The molecule has 1 aromatic heterocycles. The first-order chi connectivity index (χ1) is 15.4. The monoisotopic (exact) mass is 460 g/mol. The van der Waals surface area contributed by atoms with Crippen LogP contribution in [-0.4, -0.2) is 59.7 Å². The zero-order valence-corrected chi connectivity index (χ0v) is 20.3. The van der Waals surface area contributed by atoms with Crippen LogP contribution in [0.4, 0.5) is 0 Å². The Morgan fingerprint density at radius 1 is 1.12 bits per heavy atom. The first-order valence-corrected chi connectivity index (χ1v) is 13.5. The van der Waals surface area contributed by atoms with Crippen LogP contribution in [0.15, 0.2) is 23.1 Å². The van der Waals surface area contributed by atoms with Gasteiger partial charge in [0.1, 0.15) is 0 Å². The summed E-state index contributed by atoms with van der Waals surface area (Å²) >= 11 is 0. The molecule has 1 atom stereocenters. The first kappa shape index (κ1) is 23.3. The molecule has 9 heteroatoms. The highest BCUT2D eigenvalue weighted by Gasteiger charge is 2.26. The van der Waals surface area contributed by atoms with Gasteiger partial charge in [-0.05, 0) is 75.5 Å². The van der Waals surface area contributed by atoms with Gasteiger partial charge in [-0.1, -0.05) is 38.2 Å². The van der Waals surface area contributed by atoms with Crippen molar-refractivity contribution in [3.05, 3.63) is 23.8 Å². The number of nitrogens with one attached hydrogen (secondary N) is 1. The van der Waals surface area contributed by atoms with E-state index >= 15 is 0 Å². The minimum atomic E-state index is -3.55. The number of rotatable bonds is 7. The van der Waals surface area contributed by atoms with Crippen LogP contribution < -0.4 is 4.72 Å². The summed E-state index contributed by atoms with van der Waals surface area (Å²) in [5.74, 6) is 1.15. The molecule has 8 nitrogen and oxygen atoms in total. The van der Waals surface area contributed by atoms with Crippen molar-refractivity contribution < 1.29 is 8.42 Å². The van der Waals surface area contributed by atoms with Crippen LogP contribution in [0.2, 0.25) is 0 Å². The van der Waals surface area contributed by atoms with Gasteiger partial charge in [0, 0.05) is 18.2 Å². The number of piperidine rings is 1. The Bertz CT molecular complexity index is 1010. The number of sulfonamides is 1. The SMILES string of the molecule is CNS(=O)(=O)c1ccc(CC2CCCCC2)c(-c2nnn(C3CCCN(C(C)C)C3)n2)c1. The predicted octanol–water partition coefficient (Wildman–Crippen LogP) is 3.42. The summed E-state index contributed by atoms with van der Waals surface area (Å²) in [6.07, 6.45) is 9.38. The molecule has 0 radical (unpaired) electrons. The lowest BCUT2D eigenvalue weighted by atomic mass is 9.84. The Labute approximate surface area is 191 Å². The molecule has 2 fully saturated rings. The molecule has 2 heterocycles. The molecule has 1 unspecified atom stereocenters. The van der Waals surface area contributed by atoms with Gasteiger partial charge in [-0.2, -0.15) is 4.80 Å². The van der Waals surface area contributed by atoms with Gasteiger partial charge in [0.2, 0.25) is 15.8 Å². The molecule has 1 aliphatic heterocycles. The number of tetrazole rings is 1. The normalized spacial score (nSPS) is 21.3. The number of benzene rings is 1. The summed E-state index contributed by atoms with van der Waals surface area (Å²) in [5.41, 5.74) is 1.90. The Kier molecular flexibility index (Phi) is 7.27. The molecule has 176 valence electrons. The molecule has 4 rings (SSSR count). The maximum atomic E-state index is 12.5. The third-order valence-corrected chi connectivity index (χ3v) is 8.46. The fourth-order valence-corrected chi connectivity index (χ4v) is 5.81. The van der Waals surface area contributed by atoms with E-state index in [0.717, 1.165) is 43.5 Å². The fourth-order valence-electron chi connectivity index (χ4n) is 5.06. The third kappa shape index (κ3) is 5.21. The van der Waals surface area contributed by atoms with Gasteiger partial charge in [-0.15, -0.1) is 10.2 Å². The van der Waals surface area contributed by atoms with Crippen molar-refractivity contribution in [1.29, 1.82) is 0 Å². The van der Waals surface area contributed by atoms with Crippen molar-refractivity contribution in [1.82, 2.24) is 29.8 Å². The lowest BCUT2D eigenvalue weighted by Crippen LogP contribution is -2.41. The molecular formula is C23H36N6O2S. The number of hydrogen-bond acceptors (Lipinski definition) is 6. The predicted molar refractivity (Wildman–Crippen MR) is 125 cm³/mol. The highest BCUT2D eigenvalue weighted by Crippen LogP contribution is 2.32. The second-order valence-electron chi connectivity index (χ2n) is 9.55. The summed E-state index contributed by atoms with van der Waals surface area (Å²) in [6, 6.07) is 6.03. The van der Waals surface area contributed by atoms with E-state index in [4.69, 9.17) is 5.10 Å². The van der Waals surface area contributed by atoms with Gasteiger partial charge in [-0.25, -0.2) is 13.1 Å². The van der Waals surface area contributed by atoms with E-state index in [1.807, 2.05) is 6.07 Å². The van der Waals surface area contributed by atoms with Crippen LogP contribution in [0.25, 0.3) is 11.4 Å². The minimum Gasteiger partial charge on any atom is -0.299 e. The summed E-state index contributed by atoms with van der Waals surface area (Å²) in [5, 5.41) is 13.5. The third-order valence-electron chi connectivity index (χ3n) is 7.05. The molecule has 1 aliphatic carbocycles. The molecule has 1 saturated heterocycles. The van der Waals surface area contributed by atoms with Crippen molar-refractivity contribution in [2.45, 2.75) is 82.2 Å². The van der Waals surface area contributed by atoms with E-state index in [0.29, 0.717) is 17.8 Å². The number of hydrogen-bond donors (Lipinski definition) is 1. The Morgan fingerprint density at radius 3 is 2.62 bits per heavy atom. The average Bonchev–Trinajstić information content (AvgIpc) is 3.30. The lowest BCUT2D eigenvalue weighted by Gasteiger charge is -2.34. The summed E-state index contributed by atoms with van der Waals surface area (Å²) in [7, 11) is -2.11. The highest BCUT2D eigenvalue weighted by atomic mass is 32.2. The molecule has 32 heavy (non-hydrogen) atoms. The number of likely N-dealkylation sites (tertiary alicyclic amines) is 1. The zero-order chi connectivity index (χ0) is 22.7. The second-order valence-corrected chi connectivity index (χ2v) is 11.4. The van der Waals surface area contributed by atoms with Crippen LogP contribution in [0.3, 0.4) is 0 Å². The van der Waals surface area contributed by atoms with E-state index in [1.54, 1.807) is 16.9 Å². The Hall–Kier alpha value is -1.84. The molecule has 1 N–H and O–H groups in total. The van der Waals surface area contributed by atoms with Crippen molar-refractivity contribution in [3.63, 3.8) is 0 Å². The fraction of sp³-hybridized carbons (Fsp3) is 0.696. The molecule has 0 spiro atoms. The smallest absolute Gasteiger partial charge is 0.240 e. The minimum absolute atomic E-state index is 0.193. The molecule has 0 amide bonds. The van der Waals surface area contributed by atoms with E-state index in [2.05, 4.69) is 33.8 Å². The second kappa shape index (κ2) is 9.97. The van der Waals surface area contributed by atoms with Gasteiger partial charge in [0.05, 0.1) is 10.9 Å². The van der Waals surface area contributed by atoms with Gasteiger partial charge < -0.3 is 0 Å². The van der Waals surface area contributed by atoms with Crippen LogP contribution in [-0.2, 0) is 16.4 Å². The quantitative estimate of drug-likeness (QED) is 0.681. The van der Waals surface area contributed by atoms with Crippen molar-refractivity contribution >= 4 is 10.0 Å². The standard InChI is InChI=1S/C23H36N6O2S/c1-17(2)28-13-7-10-20(16-28)29-26-23(25-27-29)22-15-21(32(30,31)24-3)12-11-19(22)14-18-8-5-4-6-9-18/h11-12,15,17-18,20,24H,4-10,13-14,16H2,1-3H3. The van der Waals surface area contributed by atoms with Crippen LogP contribution in [0.1, 0.15) is 70.4 Å². The van der Waals surface area contributed by atoms with Crippen molar-refractivity contribution in [3.8, 4) is 11.4 Å². The molecule has 0 bridgehead atoms. The number of nitrogens with zero attached hydrogens (tertiary/aromatic N) is 5. The topological polar surface area (TPSA) is 93.0 Å². The Balaban J connectivity index is 1.65. The van der Waals surface area contributed by atoms with Crippen LogP contribution in [0, 0.1) is 5.92 Å². The first-order valence-electron chi connectivity index (χ1n) is 12.0. The molecule has 1 aromatic carbocycles.